The summed E-state index contributed by atoms with van der Waals surface area (Å²) in [6.07, 6.45) is 13.7. The molecule has 0 fully saturated rings. The highest BCUT2D eigenvalue weighted by Crippen LogP contribution is 2.16. The number of esters is 2. The molecule has 2 unspecified atom stereocenters. The molecule has 0 spiro atoms. The lowest BCUT2D eigenvalue weighted by Crippen LogP contribution is -2.33. The second-order valence-corrected chi connectivity index (χ2v) is 9.70. The van der Waals surface area contributed by atoms with Gasteiger partial charge in [0, 0.05) is 12.8 Å². The highest BCUT2D eigenvalue weighted by Gasteiger charge is 2.34. The molecule has 10 heteroatoms. The summed E-state index contributed by atoms with van der Waals surface area (Å²) in [4.78, 5) is 34.2. The van der Waals surface area contributed by atoms with Crippen molar-refractivity contribution >= 4 is 28.0 Å². The fraction of sp³-hybridized carbons (Fsp3) is 0.783. The van der Waals surface area contributed by atoms with Crippen LogP contribution in [0.2, 0.25) is 0 Å². The Balaban J connectivity index is 4.45. The van der Waals surface area contributed by atoms with E-state index in [4.69, 9.17) is 14.4 Å². The van der Waals surface area contributed by atoms with Crippen LogP contribution in [0.25, 0.3) is 0 Å². The van der Waals surface area contributed by atoms with Crippen molar-refractivity contribution in [2.75, 3.05) is 7.11 Å². The van der Waals surface area contributed by atoms with Crippen LogP contribution in [0.4, 0.5) is 0 Å². The molecular formula is C23H40O9S. The standard InChI is InChI=1S/C23H40O9S/c1-3-4-5-12-15-19(32-22(25)18-20(23(26)27)33(28,29)30)16-13-10-8-6-7-9-11-14-17-21(24)31-2/h10,13,19-20H,3-9,11-12,14-18H2,1-2H3,(H,26,27)(H,28,29,30). The van der Waals surface area contributed by atoms with Crippen molar-refractivity contribution in [1.29, 1.82) is 0 Å². The van der Waals surface area contributed by atoms with Crippen molar-refractivity contribution in [3.8, 4) is 0 Å². The molecule has 0 aromatic carbocycles. The summed E-state index contributed by atoms with van der Waals surface area (Å²) < 4.78 is 41.3. The van der Waals surface area contributed by atoms with Gasteiger partial charge in [0.1, 0.15) is 6.10 Å². The lowest BCUT2D eigenvalue weighted by atomic mass is 10.1. The minimum Gasteiger partial charge on any atom is -0.480 e. The molecule has 0 saturated heterocycles. The van der Waals surface area contributed by atoms with Gasteiger partial charge in [-0.3, -0.25) is 18.9 Å². The van der Waals surface area contributed by atoms with Crippen LogP contribution < -0.4 is 0 Å². The number of carboxylic acid groups (broad SMARTS) is 1. The van der Waals surface area contributed by atoms with E-state index in [2.05, 4.69) is 11.7 Å². The van der Waals surface area contributed by atoms with Gasteiger partial charge in [-0.2, -0.15) is 8.42 Å². The fourth-order valence-corrected chi connectivity index (χ4v) is 3.86. The van der Waals surface area contributed by atoms with Crippen LogP contribution >= 0.6 is 0 Å². The average Bonchev–Trinajstić information content (AvgIpc) is 2.74. The zero-order valence-electron chi connectivity index (χ0n) is 19.9. The van der Waals surface area contributed by atoms with Gasteiger partial charge < -0.3 is 14.6 Å². The highest BCUT2D eigenvalue weighted by molar-refractivity contribution is 7.87. The van der Waals surface area contributed by atoms with Crippen LogP contribution in [0, 0.1) is 0 Å². The Hall–Kier alpha value is -1.94. The number of methoxy groups -OCH3 is 1. The third-order valence-corrected chi connectivity index (χ3v) is 6.30. The van der Waals surface area contributed by atoms with E-state index in [1.54, 1.807) is 0 Å². The first-order valence-electron chi connectivity index (χ1n) is 11.7. The molecule has 0 bridgehead atoms. The van der Waals surface area contributed by atoms with Gasteiger partial charge in [-0.05, 0) is 32.1 Å². The van der Waals surface area contributed by atoms with Gasteiger partial charge in [-0.25, -0.2) is 0 Å². The molecule has 0 aromatic rings. The fourth-order valence-electron chi connectivity index (χ4n) is 3.26. The van der Waals surface area contributed by atoms with E-state index in [-0.39, 0.29) is 5.97 Å². The molecule has 0 aliphatic rings. The average molecular weight is 493 g/mol. The van der Waals surface area contributed by atoms with Gasteiger partial charge in [0.25, 0.3) is 10.1 Å². The Bertz CT molecular complexity index is 701. The number of hydrogen-bond acceptors (Lipinski definition) is 7. The molecule has 0 aliphatic carbocycles. The molecule has 0 amide bonds. The van der Waals surface area contributed by atoms with E-state index >= 15 is 0 Å². The third kappa shape index (κ3) is 17.2. The quantitative estimate of drug-likeness (QED) is 0.109. The maximum Gasteiger partial charge on any atom is 0.325 e. The second kappa shape index (κ2) is 18.5. The smallest absolute Gasteiger partial charge is 0.325 e. The van der Waals surface area contributed by atoms with Gasteiger partial charge in [-0.1, -0.05) is 57.6 Å². The van der Waals surface area contributed by atoms with Gasteiger partial charge >= 0.3 is 17.9 Å². The van der Waals surface area contributed by atoms with Gasteiger partial charge in [0.15, 0.2) is 5.25 Å². The number of carbonyl (C=O) groups excluding carboxylic acids is 2. The summed E-state index contributed by atoms with van der Waals surface area (Å²) in [5, 5.41) is 6.71. The Labute approximate surface area is 197 Å². The first-order valence-corrected chi connectivity index (χ1v) is 13.2. The topological polar surface area (TPSA) is 144 Å². The van der Waals surface area contributed by atoms with Crippen molar-refractivity contribution in [2.45, 2.75) is 108 Å². The van der Waals surface area contributed by atoms with E-state index < -0.39 is 39.8 Å². The van der Waals surface area contributed by atoms with Crippen molar-refractivity contribution in [3.05, 3.63) is 12.2 Å². The molecule has 2 N–H and O–H groups in total. The lowest BCUT2D eigenvalue weighted by molar-refractivity contribution is -0.152. The molecule has 0 aromatic heterocycles. The van der Waals surface area contributed by atoms with E-state index in [9.17, 15) is 22.8 Å². The first kappa shape index (κ1) is 31.1. The molecular weight excluding hydrogens is 452 g/mol. The number of carboxylic acids is 1. The summed E-state index contributed by atoms with van der Waals surface area (Å²) in [5.41, 5.74) is 0. The number of hydrogen-bond donors (Lipinski definition) is 2. The van der Waals surface area contributed by atoms with E-state index in [0.29, 0.717) is 19.3 Å². The summed E-state index contributed by atoms with van der Waals surface area (Å²) >= 11 is 0. The van der Waals surface area contributed by atoms with Crippen LogP contribution in [0.15, 0.2) is 12.2 Å². The largest absolute Gasteiger partial charge is 0.480 e. The second-order valence-electron chi connectivity index (χ2n) is 8.10. The summed E-state index contributed by atoms with van der Waals surface area (Å²) in [7, 11) is -3.51. The minimum atomic E-state index is -4.90. The van der Waals surface area contributed by atoms with Crippen LogP contribution in [-0.4, -0.2) is 54.4 Å². The predicted octanol–water partition coefficient (Wildman–Crippen LogP) is 4.45. The SMILES string of the molecule is CCCCCCC(CC=CCCCCCCCC(=O)OC)OC(=O)CC(C(=O)O)S(=O)(=O)O. The molecule has 2 atom stereocenters. The van der Waals surface area contributed by atoms with Crippen molar-refractivity contribution in [1.82, 2.24) is 0 Å². The molecule has 192 valence electrons. The Morgan fingerprint density at radius 3 is 2.15 bits per heavy atom. The first-order chi connectivity index (χ1) is 15.6. The van der Waals surface area contributed by atoms with Crippen molar-refractivity contribution in [3.63, 3.8) is 0 Å². The van der Waals surface area contributed by atoms with Crippen molar-refractivity contribution in [2.24, 2.45) is 0 Å². The van der Waals surface area contributed by atoms with Gasteiger partial charge in [0.05, 0.1) is 13.5 Å². The maximum atomic E-state index is 12.1. The highest BCUT2D eigenvalue weighted by atomic mass is 32.2. The van der Waals surface area contributed by atoms with Gasteiger partial charge in [-0.15, -0.1) is 0 Å². The summed E-state index contributed by atoms with van der Waals surface area (Å²) in [6, 6.07) is 0. The maximum absolute atomic E-state index is 12.1. The molecule has 9 nitrogen and oxygen atoms in total. The molecule has 0 rings (SSSR count). The molecule has 0 aliphatic heterocycles. The number of unbranched alkanes of at least 4 members (excludes halogenated alkanes) is 8. The Morgan fingerprint density at radius 1 is 0.909 bits per heavy atom. The van der Waals surface area contributed by atoms with E-state index in [0.717, 1.165) is 64.2 Å². The Kier molecular flexibility index (Phi) is 17.4. The monoisotopic (exact) mass is 492 g/mol. The zero-order chi connectivity index (χ0) is 25.1. The van der Waals surface area contributed by atoms with Crippen LogP contribution in [0.1, 0.15) is 96.8 Å². The molecule has 33 heavy (non-hydrogen) atoms. The van der Waals surface area contributed by atoms with Crippen LogP contribution in [-0.2, 0) is 34.0 Å². The number of allylic oxidation sites excluding steroid dienone is 1. The predicted molar refractivity (Wildman–Crippen MR) is 124 cm³/mol. The third-order valence-electron chi connectivity index (χ3n) is 5.21. The Morgan fingerprint density at radius 2 is 1.55 bits per heavy atom. The lowest BCUT2D eigenvalue weighted by Gasteiger charge is -2.17. The van der Waals surface area contributed by atoms with Crippen LogP contribution in [0.3, 0.4) is 0 Å². The summed E-state index contributed by atoms with van der Waals surface area (Å²) in [6.45, 7) is 2.08. The number of ether oxygens (including phenoxy) is 2. The minimum absolute atomic E-state index is 0.181. The molecule has 0 radical (unpaired) electrons. The normalized spacial score (nSPS) is 13.5. The number of aliphatic carboxylic acids is 1. The van der Waals surface area contributed by atoms with Crippen molar-refractivity contribution < 1.29 is 41.9 Å². The number of carbonyl (C=O) groups is 3. The number of rotatable bonds is 20. The van der Waals surface area contributed by atoms with Gasteiger partial charge in [0.2, 0.25) is 0 Å². The van der Waals surface area contributed by atoms with E-state index in [1.807, 2.05) is 12.2 Å². The van der Waals surface area contributed by atoms with E-state index in [1.165, 1.54) is 7.11 Å². The zero-order valence-corrected chi connectivity index (χ0v) is 20.7. The van der Waals surface area contributed by atoms with Crippen LogP contribution in [0.5, 0.6) is 0 Å². The summed E-state index contributed by atoms with van der Waals surface area (Å²) in [5.74, 6) is -2.93. The molecule has 0 heterocycles. The molecule has 0 saturated carbocycles.